The molecule has 0 bridgehead atoms. The first-order valence-corrected chi connectivity index (χ1v) is 5.98. The van der Waals surface area contributed by atoms with Crippen molar-refractivity contribution < 1.29 is 4.74 Å². The van der Waals surface area contributed by atoms with Gasteiger partial charge >= 0.3 is 0 Å². The second kappa shape index (κ2) is 4.64. The van der Waals surface area contributed by atoms with Crippen LogP contribution in [0.5, 0.6) is 5.75 Å². The number of hydrogen-bond donors (Lipinski definition) is 2. The lowest BCUT2D eigenvalue weighted by molar-refractivity contribution is 0.309. The number of benzene rings is 1. The highest BCUT2D eigenvalue weighted by Gasteiger charge is 2.24. The van der Waals surface area contributed by atoms with Crippen molar-refractivity contribution in [2.24, 2.45) is 5.92 Å². The zero-order valence-corrected chi connectivity index (χ0v) is 9.99. The van der Waals surface area contributed by atoms with E-state index in [1.807, 2.05) is 25.1 Å². The molecule has 88 valence electrons. The van der Waals surface area contributed by atoms with Crippen LogP contribution in [0.4, 0.5) is 11.4 Å². The van der Waals surface area contributed by atoms with Gasteiger partial charge in [0.15, 0.2) is 0 Å². The Kier molecular flexibility index (Phi) is 3.22. The van der Waals surface area contributed by atoms with Gasteiger partial charge in [0.2, 0.25) is 0 Å². The van der Waals surface area contributed by atoms with E-state index >= 15 is 0 Å². The fourth-order valence-corrected chi connectivity index (χ4v) is 2.16. The Balaban J connectivity index is 2.01. The van der Waals surface area contributed by atoms with Crippen LogP contribution in [0, 0.1) is 5.92 Å². The maximum Gasteiger partial charge on any atom is 0.144 e. The van der Waals surface area contributed by atoms with Crippen LogP contribution in [0.2, 0.25) is 0 Å². The fraction of sp³-hybridized carbons (Fsp3) is 0.538. The number of rotatable bonds is 4. The molecule has 0 atom stereocenters. The standard InChI is InChI=1S/C13H20N2O/c1-3-16-13-8-10(4-5-12(13)14)15-11-6-9(2)7-11/h4-5,8-9,11,15H,3,6-7,14H2,1-2H3. The maximum atomic E-state index is 5.82. The van der Waals surface area contributed by atoms with Crippen LogP contribution in [0.1, 0.15) is 26.7 Å². The molecule has 0 heterocycles. The second-order valence-corrected chi connectivity index (χ2v) is 4.60. The minimum absolute atomic E-state index is 0.619. The van der Waals surface area contributed by atoms with Gasteiger partial charge in [-0.1, -0.05) is 6.92 Å². The van der Waals surface area contributed by atoms with E-state index in [-0.39, 0.29) is 0 Å². The van der Waals surface area contributed by atoms with E-state index in [1.54, 1.807) is 0 Å². The Morgan fingerprint density at radius 3 is 2.81 bits per heavy atom. The van der Waals surface area contributed by atoms with E-state index < -0.39 is 0 Å². The zero-order chi connectivity index (χ0) is 11.5. The lowest BCUT2D eigenvalue weighted by Gasteiger charge is -2.34. The summed E-state index contributed by atoms with van der Waals surface area (Å²) >= 11 is 0. The average Bonchev–Trinajstić information content (AvgIpc) is 2.21. The summed E-state index contributed by atoms with van der Waals surface area (Å²) in [4.78, 5) is 0. The zero-order valence-electron chi connectivity index (χ0n) is 9.99. The van der Waals surface area contributed by atoms with Crippen molar-refractivity contribution in [1.82, 2.24) is 0 Å². The first-order chi connectivity index (χ1) is 7.69. The van der Waals surface area contributed by atoms with Crippen molar-refractivity contribution in [3.8, 4) is 5.75 Å². The Morgan fingerprint density at radius 1 is 1.44 bits per heavy atom. The molecule has 0 unspecified atom stereocenters. The van der Waals surface area contributed by atoms with E-state index in [2.05, 4.69) is 12.2 Å². The number of nitrogens with one attached hydrogen (secondary N) is 1. The lowest BCUT2D eigenvalue weighted by atomic mass is 9.82. The number of anilines is 2. The van der Waals surface area contributed by atoms with Gasteiger partial charge in [-0.05, 0) is 37.8 Å². The van der Waals surface area contributed by atoms with E-state index in [0.717, 1.165) is 17.4 Å². The van der Waals surface area contributed by atoms with Crippen molar-refractivity contribution in [2.75, 3.05) is 17.7 Å². The molecule has 0 aromatic heterocycles. The molecule has 1 aliphatic rings. The molecular formula is C13H20N2O. The van der Waals surface area contributed by atoms with E-state index in [1.165, 1.54) is 12.8 Å². The summed E-state index contributed by atoms with van der Waals surface area (Å²) in [5, 5.41) is 3.50. The van der Waals surface area contributed by atoms with Crippen molar-refractivity contribution in [1.29, 1.82) is 0 Å². The summed E-state index contributed by atoms with van der Waals surface area (Å²) in [5.41, 5.74) is 7.63. The molecule has 0 radical (unpaired) electrons. The largest absolute Gasteiger partial charge is 0.492 e. The van der Waals surface area contributed by atoms with E-state index in [9.17, 15) is 0 Å². The molecule has 3 heteroatoms. The summed E-state index contributed by atoms with van der Waals surface area (Å²) in [7, 11) is 0. The van der Waals surface area contributed by atoms with Gasteiger partial charge in [0.25, 0.3) is 0 Å². The van der Waals surface area contributed by atoms with Gasteiger partial charge in [0.1, 0.15) is 5.75 Å². The van der Waals surface area contributed by atoms with Crippen molar-refractivity contribution >= 4 is 11.4 Å². The smallest absolute Gasteiger partial charge is 0.144 e. The van der Waals surface area contributed by atoms with Crippen LogP contribution in [0.15, 0.2) is 18.2 Å². The Hall–Kier alpha value is -1.38. The minimum Gasteiger partial charge on any atom is -0.492 e. The van der Waals surface area contributed by atoms with Crippen molar-refractivity contribution in [2.45, 2.75) is 32.7 Å². The molecule has 1 aromatic rings. The lowest BCUT2D eigenvalue weighted by Crippen LogP contribution is -2.33. The van der Waals surface area contributed by atoms with E-state index in [0.29, 0.717) is 18.3 Å². The average molecular weight is 220 g/mol. The number of hydrogen-bond acceptors (Lipinski definition) is 3. The van der Waals surface area contributed by atoms with Crippen LogP contribution in [0.25, 0.3) is 0 Å². The minimum atomic E-state index is 0.619. The Bertz CT molecular complexity index is 359. The van der Waals surface area contributed by atoms with Gasteiger partial charge < -0.3 is 15.8 Å². The number of nitrogens with two attached hydrogens (primary N) is 1. The number of ether oxygens (including phenoxy) is 1. The molecule has 1 fully saturated rings. The van der Waals surface area contributed by atoms with Gasteiger partial charge in [-0.2, -0.15) is 0 Å². The Morgan fingerprint density at radius 2 is 2.19 bits per heavy atom. The van der Waals surface area contributed by atoms with Gasteiger partial charge in [-0.25, -0.2) is 0 Å². The number of nitrogen functional groups attached to an aromatic ring is 1. The summed E-state index contributed by atoms with van der Waals surface area (Å²) in [5.74, 6) is 1.64. The molecule has 3 nitrogen and oxygen atoms in total. The molecule has 1 aromatic carbocycles. The molecule has 1 saturated carbocycles. The molecule has 0 saturated heterocycles. The molecule has 0 amide bonds. The van der Waals surface area contributed by atoms with Crippen LogP contribution in [0.3, 0.4) is 0 Å². The van der Waals surface area contributed by atoms with Crippen LogP contribution < -0.4 is 15.8 Å². The fourth-order valence-electron chi connectivity index (χ4n) is 2.16. The molecular weight excluding hydrogens is 200 g/mol. The second-order valence-electron chi connectivity index (χ2n) is 4.60. The van der Waals surface area contributed by atoms with Crippen LogP contribution in [-0.2, 0) is 0 Å². The van der Waals surface area contributed by atoms with Crippen molar-refractivity contribution in [3.05, 3.63) is 18.2 Å². The Labute approximate surface area is 97.0 Å². The highest BCUT2D eigenvalue weighted by atomic mass is 16.5. The first kappa shape index (κ1) is 11.1. The molecule has 3 N–H and O–H groups in total. The quantitative estimate of drug-likeness (QED) is 0.767. The maximum absolute atomic E-state index is 5.82. The third kappa shape index (κ3) is 2.40. The molecule has 0 spiro atoms. The van der Waals surface area contributed by atoms with Crippen LogP contribution in [-0.4, -0.2) is 12.6 Å². The first-order valence-electron chi connectivity index (χ1n) is 5.98. The molecule has 2 rings (SSSR count). The van der Waals surface area contributed by atoms with Gasteiger partial charge in [-0.3, -0.25) is 0 Å². The highest BCUT2D eigenvalue weighted by molar-refractivity contribution is 5.61. The van der Waals surface area contributed by atoms with Gasteiger partial charge in [0.05, 0.1) is 12.3 Å². The topological polar surface area (TPSA) is 47.3 Å². The summed E-state index contributed by atoms with van der Waals surface area (Å²) in [6.45, 7) is 4.90. The summed E-state index contributed by atoms with van der Waals surface area (Å²) < 4.78 is 5.47. The predicted octanol–water partition coefficient (Wildman–Crippen LogP) is 2.88. The SMILES string of the molecule is CCOc1cc(NC2CC(C)C2)ccc1N. The van der Waals surface area contributed by atoms with Gasteiger partial charge in [-0.15, -0.1) is 0 Å². The molecule has 1 aliphatic carbocycles. The normalized spacial score (nSPS) is 23.6. The monoisotopic (exact) mass is 220 g/mol. The molecule has 0 aliphatic heterocycles. The molecule has 16 heavy (non-hydrogen) atoms. The van der Waals surface area contributed by atoms with Crippen LogP contribution >= 0.6 is 0 Å². The highest BCUT2D eigenvalue weighted by Crippen LogP contribution is 2.31. The third-order valence-electron chi connectivity index (χ3n) is 3.06. The summed E-state index contributed by atoms with van der Waals surface area (Å²) in [6, 6.07) is 6.52. The summed E-state index contributed by atoms with van der Waals surface area (Å²) in [6.07, 6.45) is 2.52. The van der Waals surface area contributed by atoms with E-state index in [4.69, 9.17) is 10.5 Å². The predicted molar refractivity (Wildman–Crippen MR) is 67.8 cm³/mol. The third-order valence-corrected chi connectivity index (χ3v) is 3.06. The van der Waals surface area contributed by atoms with Crippen molar-refractivity contribution in [3.63, 3.8) is 0 Å². The van der Waals surface area contributed by atoms with Gasteiger partial charge in [0, 0.05) is 17.8 Å².